The Kier molecular flexibility index (Phi) is 6.34. The smallest absolute Gasteiger partial charge is 0.234 e. The van der Waals surface area contributed by atoms with Crippen LogP contribution >= 0.6 is 22.9 Å². The first-order chi connectivity index (χ1) is 12.1. The van der Waals surface area contributed by atoms with Crippen LogP contribution in [0.1, 0.15) is 10.4 Å². The molecular formula is C19H24ClN3OS. The molecule has 0 unspecified atom stereocenters. The van der Waals surface area contributed by atoms with Gasteiger partial charge in [-0.2, -0.15) is 0 Å². The summed E-state index contributed by atoms with van der Waals surface area (Å²) in [5, 5.41) is 5.86. The fraction of sp³-hybridized carbons (Fsp3) is 0.421. The maximum absolute atomic E-state index is 12.1. The fourth-order valence-electron chi connectivity index (χ4n) is 3.11. The minimum absolute atomic E-state index is 0.115. The van der Waals surface area contributed by atoms with Crippen molar-refractivity contribution < 1.29 is 4.79 Å². The van der Waals surface area contributed by atoms with Gasteiger partial charge < -0.3 is 10.2 Å². The van der Waals surface area contributed by atoms with Crippen LogP contribution in [0.2, 0.25) is 5.02 Å². The van der Waals surface area contributed by atoms with Gasteiger partial charge in [0.2, 0.25) is 5.91 Å². The van der Waals surface area contributed by atoms with Crippen LogP contribution in [0.15, 0.2) is 35.7 Å². The first kappa shape index (κ1) is 18.2. The van der Waals surface area contributed by atoms with Crippen LogP contribution in [0.25, 0.3) is 0 Å². The van der Waals surface area contributed by atoms with Gasteiger partial charge in [0.15, 0.2) is 0 Å². The van der Waals surface area contributed by atoms with Gasteiger partial charge in [0.05, 0.1) is 6.54 Å². The highest BCUT2D eigenvalue weighted by molar-refractivity contribution is 7.09. The van der Waals surface area contributed by atoms with Gasteiger partial charge in [-0.05, 0) is 42.5 Å². The van der Waals surface area contributed by atoms with Crippen molar-refractivity contribution in [3.8, 4) is 0 Å². The molecule has 1 aliphatic rings. The lowest BCUT2D eigenvalue weighted by Crippen LogP contribution is -2.49. The van der Waals surface area contributed by atoms with Crippen molar-refractivity contribution >= 4 is 34.5 Å². The van der Waals surface area contributed by atoms with Gasteiger partial charge in [-0.15, -0.1) is 11.3 Å². The third-order valence-corrected chi connectivity index (χ3v) is 5.70. The Balaban J connectivity index is 1.41. The third-order valence-electron chi connectivity index (χ3n) is 4.53. The van der Waals surface area contributed by atoms with Gasteiger partial charge in [-0.1, -0.05) is 23.7 Å². The lowest BCUT2D eigenvalue weighted by atomic mass is 10.1. The molecule has 25 heavy (non-hydrogen) atoms. The zero-order chi connectivity index (χ0) is 17.6. The molecule has 134 valence electrons. The summed E-state index contributed by atoms with van der Waals surface area (Å²) in [6.45, 7) is 6.93. The Labute approximate surface area is 158 Å². The van der Waals surface area contributed by atoms with E-state index >= 15 is 0 Å². The second-order valence-corrected chi connectivity index (χ2v) is 7.84. The minimum Gasteiger partial charge on any atom is -0.369 e. The summed E-state index contributed by atoms with van der Waals surface area (Å²) in [5.41, 5.74) is 2.44. The fourth-order valence-corrected chi connectivity index (χ4v) is 3.98. The lowest BCUT2D eigenvalue weighted by molar-refractivity contribution is -0.122. The SMILES string of the molecule is Cc1ccc(Cl)cc1N1CCN(CC(=O)NCCc2cccs2)CC1. The van der Waals surface area contributed by atoms with Gasteiger partial charge in [0.1, 0.15) is 0 Å². The summed E-state index contributed by atoms with van der Waals surface area (Å²) in [6.07, 6.45) is 0.908. The highest BCUT2D eigenvalue weighted by atomic mass is 35.5. The van der Waals surface area contributed by atoms with E-state index < -0.39 is 0 Å². The summed E-state index contributed by atoms with van der Waals surface area (Å²) < 4.78 is 0. The van der Waals surface area contributed by atoms with Crippen LogP contribution in [0.4, 0.5) is 5.69 Å². The molecule has 0 saturated carbocycles. The van der Waals surface area contributed by atoms with Gasteiger partial charge in [0, 0.05) is 48.3 Å². The zero-order valence-electron chi connectivity index (χ0n) is 14.5. The summed E-state index contributed by atoms with van der Waals surface area (Å²) >= 11 is 7.86. The Morgan fingerprint density at radius 1 is 1.24 bits per heavy atom. The van der Waals surface area contributed by atoms with E-state index in [0.717, 1.165) is 37.6 Å². The first-order valence-corrected chi connectivity index (χ1v) is 9.90. The van der Waals surface area contributed by atoms with E-state index in [0.29, 0.717) is 13.1 Å². The number of hydrogen-bond donors (Lipinski definition) is 1. The van der Waals surface area contributed by atoms with E-state index in [9.17, 15) is 4.79 Å². The Bertz CT molecular complexity index is 697. The number of benzene rings is 1. The molecule has 0 atom stereocenters. The summed E-state index contributed by atoms with van der Waals surface area (Å²) in [6, 6.07) is 10.2. The number of carbonyl (C=O) groups excluding carboxylic acids is 1. The summed E-state index contributed by atoms with van der Waals surface area (Å²) in [7, 11) is 0. The number of nitrogens with zero attached hydrogens (tertiary/aromatic N) is 2. The molecule has 1 fully saturated rings. The van der Waals surface area contributed by atoms with E-state index in [1.165, 1.54) is 16.1 Å². The second-order valence-electron chi connectivity index (χ2n) is 6.37. The summed E-state index contributed by atoms with van der Waals surface area (Å²) in [4.78, 5) is 18.0. The van der Waals surface area contributed by atoms with Crippen LogP contribution in [0.3, 0.4) is 0 Å². The number of carbonyl (C=O) groups is 1. The van der Waals surface area contributed by atoms with Crippen molar-refractivity contribution in [2.45, 2.75) is 13.3 Å². The van der Waals surface area contributed by atoms with Crippen LogP contribution in [-0.4, -0.2) is 50.1 Å². The summed E-state index contributed by atoms with van der Waals surface area (Å²) in [5.74, 6) is 0.115. The number of thiophene rings is 1. The van der Waals surface area contributed by atoms with Crippen molar-refractivity contribution in [1.29, 1.82) is 0 Å². The van der Waals surface area contributed by atoms with Crippen molar-refractivity contribution in [2.75, 3.05) is 44.2 Å². The average Bonchev–Trinajstić information content (AvgIpc) is 3.11. The van der Waals surface area contributed by atoms with Crippen LogP contribution in [0, 0.1) is 6.92 Å². The average molecular weight is 378 g/mol. The predicted molar refractivity (Wildman–Crippen MR) is 106 cm³/mol. The Morgan fingerprint density at radius 3 is 2.76 bits per heavy atom. The molecule has 0 bridgehead atoms. The molecule has 0 aliphatic carbocycles. The number of rotatable bonds is 6. The van der Waals surface area contributed by atoms with Crippen molar-refractivity contribution in [3.63, 3.8) is 0 Å². The number of hydrogen-bond acceptors (Lipinski definition) is 4. The largest absolute Gasteiger partial charge is 0.369 e. The minimum atomic E-state index is 0.115. The number of amides is 1. The van der Waals surface area contributed by atoms with E-state index in [-0.39, 0.29) is 5.91 Å². The van der Waals surface area contributed by atoms with E-state index in [1.54, 1.807) is 11.3 Å². The number of nitrogens with one attached hydrogen (secondary N) is 1. The van der Waals surface area contributed by atoms with Crippen molar-refractivity contribution in [1.82, 2.24) is 10.2 Å². The molecule has 0 spiro atoms. The zero-order valence-corrected chi connectivity index (χ0v) is 16.1. The standard InChI is InChI=1S/C19H24ClN3OS/c1-15-4-5-16(20)13-18(15)23-10-8-22(9-11-23)14-19(24)21-7-6-17-3-2-12-25-17/h2-5,12-13H,6-11,14H2,1H3,(H,21,24). The van der Waals surface area contributed by atoms with Crippen LogP contribution in [0.5, 0.6) is 0 Å². The molecule has 2 heterocycles. The molecule has 4 nitrogen and oxygen atoms in total. The van der Waals surface area contributed by atoms with Crippen molar-refractivity contribution in [2.24, 2.45) is 0 Å². The first-order valence-electron chi connectivity index (χ1n) is 8.64. The van der Waals surface area contributed by atoms with Crippen LogP contribution < -0.4 is 10.2 Å². The molecule has 0 radical (unpaired) electrons. The van der Waals surface area contributed by atoms with E-state index in [1.807, 2.05) is 18.2 Å². The molecule has 1 N–H and O–H groups in total. The maximum Gasteiger partial charge on any atom is 0.234 e. The van der Waals surface area contributed by atoms with E-state index in [4.69, 9.17) is 11.6 Å². The molecule has 1 aromatic heterocycles. The number of halogens is 1. The topological polar surface area (TPSA) is 35.6 Å². The number of aryl methyl sites for hydroxylation is 1. The quantitative estimate of drug-likeness (QED) is 0.839. The maximum atomic E-state index is 12.1. The van der Waals surface area contributed by atoms with Gasteiger partial charge in [-0.3, -0.25) is 9.69 Å². The molecule has 2 aromatic rings. The molecule has 1 saturated heterocycles. The molecule has 3 rings (SSSR count). The Morgan fingerprint density at radius 2 is 2.04 bits per heavy atom. The number of piperazine rings is 1. The van der Waals surface area contributed by atoms with Crippen LogP contribution in [-0.2, 0) is 11.2 Å². The molecule has 6 heteroatoms. The van der Waals surface area contributed by atoms with Gasteiger partial charge in [0.25, 0.3) is 0 Å². The third kappa shape index (κ3) is 5.21. The van der Waals surface area contributed by atoms with Gasteiger partial charge >= 0.3 is 0 Å². The van der Waals surface area contributed by atoms with E-state index in [2.05, 4.69) is 39.6 Å². The highest BCUT2D eigenvalue weighted by Crippen LogP contribution is 2.25. The van der Waals surface area contributed by atoms with Crippen molar-refractivity contribution in [3.05, 3.63) is 51.2 Å². The number of anilines is 1. The molecule has 1 aromatic carbocycles. The molecular weight excluding hydrogens is 354 g/mol. The highest BCUT2D eigenvalue weighted by Gasteiger charge is 2.20. The monoisotopic (exact) mass is 377 g/mol. The normalized spacial score (nSPS) is 15.4. The van der Waals surface area contributed by atoms with Gasteiger partial charge in [-0.25, -0.2) is 0 Å². The second kappa shape index (κ2) is 8.70. The lowest BCUT2D eigenvalue weighted by Gasteiger charge is -2.36. The Hall–Kier alpha value is -1.56. The molecule has 1 amide bonds. The predicted octanol–water partition coefficient (Wildman–Crippen LogP) is 3.19. The molecule has 1 aliphatic heterocycles.